The molecule has 2 atom stereocenters. The average Bonchev–Trinajstić information content (AvgIpc) is 2.57. The molecule has 3 rings (SSSR count). The lowest BCUT2D eigenvalue weighted by atomic mass is 9.80. The van der Waals surface area contributed by atoms with Crippen LogP contribution in [0.4, 0.5) is 0 Å². The SMILES string of the molecule is CC(C)[C@H](N)C(=O)NC1CC2(CCN(C)CC2)Oc2ccccc21.Cl. The van der Waals surface area contributed by atoms with E-state index in [0.717, 1.165) is 43.7 Å². The van der Waals surface area contributed by atoms with E-state index in [1.807, 2.05) is 38.1 Å². The fraction of sp³-hybridized carbons (Fsp3) is 0.632. The Balaban J connectivity index is 0.00000225. The maximum atomic E-state index is 12.5. The number of nitrogens with one attached hydrogen (secondary N) is 1. The van der Waals surface area contributed by atoms with Gasteiger partial charge in [-0.15, -0.1) is 12.4 Å². The number of nitrogens with zero attached hydrogens (tertiary/aromatic N) is 1. The first kappa shape index (κ1) is 20.0. The minimum atomic E-state index is -0.478. The maximum absolute atomic E-state index is 12.5. The molecular weight excluding hydrogens is 338 g/mol. The summed E-state index contributed by atoms with van der Waals surface area (Å²) in [5.74, 6) is 0.948. The standard InChI is InChI=1S/C19H29N3O2.ClH/c1-13(2)17(20)18(23)21-15-12-19(8-10-22(3)11-9-19)24-16-7-5-4-6-14(15)16;/h4-7,13,15,17H,8-12,20H2,1-3H3,(H,21,23);1H/t15?,17-;/m0./s1. The number of ether oxygens (including phenoxy) is 1. The first-order valence-corrected chi connectivity index (χ1v) is 8.93. The molecule has 1 unspecified atom stereocenters. The summed E-state index contributed by atoms with van der Waals surface area (Å²) in [6, 6.07) is 7.53. The fourth-order valence-corrected chi connectivity index (χ4v) is 3.65. The molecule has 25 heavy (non-hydrogen) atoms. The van der Waals surface area contributed by atoms with Gasteiger partial charge in [0, 0.05) is 25.1 Å². The van der Waals surface area contributed by atoms with Gasteiger partial charge in [0.15, 0.2) is 0 Å². The molecule has 0 radical (unpaired) electrons. The van der Waals surface area contributed by atoms with Crippen molar-refractivity contribution in [2.45, 2.75) is 50.8 Å². The molecule has 140 valence electrons. The number of fused-ring (bicyclic) bond motifs is 1. The van der Waals surface area contributed by atoms with Crippen LogP contribution < -0.4 is 15.8 Å². The van der Waals surface area contributed by atoms with Gasteiger partial charge in [-0.05, 0) is 31.9 Å². The van der Waals surface area contributed by atoms with Gasteiger partial charge in [0.25, 0.3) is 0 Å². The number of para-hydroxylation sites is 1. The molecule has 0 aromatic heterocycles. The largest absolute Gasteiger partial charge is 0.487 e. The van der Waals surface area contributed by atoms with E-state index in [1.165, 1.54) is 0 Å². The maximum Gasteiger partial charge on any atom is 0.237 e. The van der Waals surface area contributed by atoms with E-state index in [4.69, 9.17) is 10.5 Å². The van der Waals surface area contributed by atoms with Gasteiger partial charge in [-0.2, -0.15) is 0 Å². The minimum Gasteiger partial charge on any atom is -0.487 e. The highest BCUT2D eigenvalue weighted by molar-refractivity contribution is 5.85. The molecule has 0 bridgehead atoms. The van der Waals surface area contributed by atoms with Crippen molar-refractivity contribution in [2.75, 3.05) is 20.1 Å². The van der Waals surface area contributed by atoms with Crippen molar-refractivity contribution in [1.82, 2.24) is 10.2 Å². The molecule has 2 aliphatic rings. The van der Waals surface area contributed by atoms with E-state index >= 15 is 0 Å². The lowest BCUT2D eigenvalue weighted by Crippen LogP contribution is -2.53. The molecule has 2 aliphatic heterocycles. The van der Waals surface area contributed by atoms with Crippen LogP contribution in [0.2, 0.25) is 0 Å². The van der Waals surface area contributed by atoms with Crippen LogP contribution in [-0.4, -0.2) is 42.6 Å². The molecule has 5 nitrogen and oxygen atoms in total. The lowest BCUT2D eigenvalue weighted by molar-refractivity contribution is -0.124. The Morgan fingerprint density at radius 2 is 1.96 bits per heavy atom. The number of benzene rings is 1. The van der Waals surface area contributed by atoms with Crippen molar-refractivity contribution in [1.29, 1.82) is 0 Å². The monoisotopic (exact) mass is 367 g/mol. The van der Waals surface area contributed by atoms with Crippen LogP contribution in [0.3, 0.4) is 0 Å². The van der Waals surface area contributed by atoms with Crippen molar-refractivity contribution in [3.8, 4) is 5.75 Å². The summed E-state index contributed by atoms with van der Waals surface area (Å²) >= 11 is 0. The van der Waals surface area contributed by atoms with Gasteiger partial charge >= 0.3 is 0 Å². The van der Waals surface area contributed by atoms with E-state index in [9.17, 15) is 4.79 Å². The predicted octanol–water partition coefficient (Wildman–Crippen LogP) is 2.50. The summed E-state index contributed by atoms with van der Waals surface area (Å²) in [4.78, 5) is 14.8. The number of nitrogens with two attached hydrogens (primary N) is 1. The molecule has 1 saturated heterocycles. The normalized spacial score (nSPS) is 23.3. The number of hydrogen-bond donors (Lipinski definition) is 2. The third kappa shape index (κ3) is 4.27. The van der Waals surface area contributed by atoms with Gasteiger partial charge in [0.05, 0.1) is 12.1 Å². The summed E-state index contributed by atoms with van der Waals surface area (Å²) in [5, 5.41) is 3.18. The van der Waals surface area contributed by atoms with E-state index < -0.39 is 6.04 Å². The Labute approximate surface area is 156 Å². The molecule has 2 heterocycles. The highest BCUT2D eigenvalue weighted by Crippen LogP contribution is 2.44. The molecule has 0 saturated carbocycles. The number of carbonyl (C=O) groups is 1. The smallest absolute Gasteiger partial charge is 0.237 e. The number of hydrogen-bond acceptors (Lipinski definition) is 4. The molecular formula is C19H30ClN3O2. The Hall–Kier alpha value is -1.30. The zero-order chi connectivity index (χ0) is 17.3. The highest BCUT2D eigenvalue weighted by Gasteiger charge is 2.43. The number of amides is 1. The van der Waals surface area contributed by atoms with Crippen LogP contribution in [0.1, 0.15) is 44.7 Å². The summed E-state index contributed by atoms with van der Waals surface area (Å²) in [6.45, 7) is 5.99. The third-order valence-corrected chi connectivity index (χ3v) is 5.43. The fourth-order valence-electron chi connectivity index (χ4n) is 3.65. The second-order valence-electron chi connectivity index (χ2n) is 7.66. The molecule has 0 aliphatic carbocycles. The average molecular weight is 368 g/mol. The van der Waals surface area contributed by atoms with Crippen LogP contribution in [0.15, 0.2) is 24.3 Å². The number of halogens is 1. The number of likely N-dealkylation sites (tertiary alicyclic amines) is 1. The van der Waals surface area contributed by atoms with Crippen LogP contribution in [0, 0.1) is 5.92 Å². The zero-order valence-electron chi connectivity index (χ0n) is 15.3. The van der Waals surface area contributed by atoms with Gasteiger partial charge in [-0.1, -0.05) is 32.0 Å². The topological polar surface area (TPSA) is 67.6 Å². The van der Waals surface area contributed by atoms with Crippen LogP contribution in [0.25, 0.3) is 0 Å². The van der Waals surface area contributed by atoms with Crippen molar-refractivity contribution in [3.63, 3.8) is 0 Å². The van der Waals surface area contributed by atoms with Crippen LogP contribution in [-0.2, 0) is 4.79 Å². The summed E-state index contributed by atoms with van der Waals surface area (Å²) in [5.41, 5.74) is 6.92. The molecule has 6 heteroatoms. The quantitative estimate of drug-likeness (QED) is 0.861. The van der Waals surface area contributed by atoms with Crippen molar-refractivity contribution in [2.24, 2.45) is 11.7 Å². The third-order valence-electron chi connectivity index (χ3n) is 5.43. The summed E-state index contributed by atoms with van der Waals surface area (Å²) in [6.07, 6.45) is 2.79. The molecule has 1 amide bonds. The second kappa shape index (κ2) is 7.94. The first-order valence-electron chi connectivity index (χ1n) is 8.93. The van der Waals surface area contributed by atoms with E-state index in [1.54, 1.807) is 0 Å². The number of carbonyl (C=O) groups excluding carboxylic acids is 1. The molecule has 3 N–H and O–H groups in total. The van der Waals surface area contributed by atoms with E-state index in [2.05, 4.69) is 17.3 Å². The minimum absolute atomic E-state index is 0. The van der Waals surface area contributed by atoms with Gasteiger partial charge in [-0.3, -0.25) is 4.79 Å². The van der Waals surface area contributed by atoms with E-state index in [0.29, 0.717) is 0 Å². The van der Waals surface area contributed by atoms with Crippen molar-refractivity contribution < 1.29 is 9.53 Å². The number of piperidine rings is 1. The summed E-state index contributed by atoms with van der Waals surface area (Å²) in [7, 11) is 2.14. The lowest BCUT2D eigenvalue weighted by Gasteiger charge is -2.46. The van der Waals surface area contributed by atoms with Gasteiger partial charge < -0.3 is 20.7 Å². The molecule has 1 aromatic rings. The Morgan fingerprint density at radius 3 is 2.60 bits per heavy atom. The molecule has 1 spiro atoms. The highest BCUT2D eigenvalue weighted by atomic mass is 35.5. The predicted molar refractivity (Wildman–Crippen MR) is 102 cm³/mol. The molecule has 1 fully saturated rings. The van der Waals surface area contributed by atoms with Gasteiger partial charge in [0.1, 0.15) is 11.4 Å². The van der Waals surface area contributed by atoms with Crippen LogP contribution in [0.5, 0.6) is 5.75 Å². The zero-order valence-corrected chi connectivity index (χ0v) is 16.1. The number of rotatable bonds is 3. The Kier molecular flexibility index (Phi) is 6.35. The second-order valence-corrected chi connectivity index (χ2v) is 7.66. The van der Waals surface area contributed by atoms with Gasteiger partial charge in [0.2, 0.25) is 5.91 Å². The Morgan fingerprint density at radius 1 is 1.32 bits per heavy atom. The van der Waals surface area contributed by atoms with Crippen LogP contribution >= 0.6 is 12.4 Å². The first-order chi connectivity index (χ1) is 11.4. The molecule has 1 aromatic carbocycles. The Bertz CT molecular complexity index is 600. The van der Waals surface area contributed by atoms with Crippen molar-refractivity contribution >= 4 is 18.3 Å². The van der Waals surface area contributed by atoms with E-state index in [-0.39, 0.29) is 35.9 Å². The van der Waals surface area contributed by atoms with Crippen molar-refractivity contribution in [3.05, 3.63) is 29.8 Å². The van der Waals surface area contributed by atoms with Gasteiger partial charge in [-0.25, -0.2) is 0 Å². The summed E-state index contributed by atoms with van der Waals surface area (Å²) < 4.78 is 6.42.